The van der Waals surface area contributed by atoms with Gasteiger partial charge < -0.3 is 16.4 Å². The van der Waals surface area contributed by atoms with Gasteiger partial charge in [0.05, 0.1) is 17.9 Å². The Hall–Kier alpha value is -1.85. The Morgan fingerprint density at radius 1 is 1.47 bits per heavy atom. The van der Waals surface area contributed by atoms with Crippen molar-refractivity contribution in [2.24, 2.45) is 0 Å². The smallest absolute Gasteiger partial charge is 0.239 e. The molecular weight excluding hydrogens is 204 g/mol. The molecule has 0 aromatic heterocycles. The number of hydrogen-bond donors (Lipinski definition) is 3. The lowest BCUT2D eigenvalue weighted by Crippen LogP contribution is -2.26. The second-order valence-electron chi connectivity index (χ2n) is 2.88. The zero-order valence-electron chi connectivity index (χ0n) is 8.10. The highest BCUT2D eigenvalue weighted by Crippen LogP contribution is 2.22. The lowest BCUT2D eigenvalue weighted by Gasteiger charge is -2.09. The summed E-state index contributed by atoms with van der Waals surface area (Å²) in [5.74, 6) is -1.91. The van der Waals surface area contributed by atoms with E-state index in [2.05, 4.69) is 10.6 Å². The zero-order valence-corrected chi connectivity index (χ0v) is 8.10. The number of likely N-dealkylation sites (N-methyl/N-ethyl adjacent to an activating group) is 1. The maximum atomic E-state index is 12.9. The lowest BCUT2D eigenvalue weighted by atomic mass is 10.2. The summed E-state index contributed by atoms with van der Waals surface area (Å²) < 4.78 is 25.7. The van der Waals surface area contributed by atoms with Crippen molar-refractivity contribution in [2.45, 2.75) is 0 Å². The van der Waals surface area contributed by atoms with Crippen molar-refractivity contribution >= 4 is 17.3 Å². The molecule has 4 N–H and O–H groups in total. The summed E-state index contributed by atoms with van der Waals surface area (Å²) in [6.45, 7) is -0.0937. The van der Waals surface area contributed by atoms with Crippen LogP contribution < -0.4 is 16.4 Å². The van der Waals surface area contributed by atoms with Gasteiger partial charge in [-0.3, -0.25) is 4.79 Å². The van der Waals surface area contributed by atoms with Gasteiger partial charge in [-0.25, -0.2) is 8.78 Å². The van der Waals surface area contributed by atoms with Crippen molar-refractivity contribution in [1.82, 2.24) is 5.32 Å². The Kier molecular flexibility index (Phi) is 3.43. The summed E-state index contributed by atoms with van der Waals surface area (Å²) in [6.07, 6.45) is 0. The van der Waals surface area contributed by atoms with Crippen LogP contribution in [0.2, 0.25) is 0 Å². The molecule has 6 heteroatoms. The van der Waals surface area contributed by atoms with E-state index in [1.807, 2.05) is 0 Å². The fraction of sp³-hybridized carbons (Fsp3) is 0.222. The number of hydrogen-bond acceptors (Lipinski definition) is 3. The Labute approximate surface area is 85.5 Å². The van der Waals surface area contributed by atoms with Crippen LogP contribution in [0.3, 0.4) is 0 Å². The number of amides is 1. The van der Waals surface area contributed by atoms with Crippen LogP contribution in [0.25, 0.3) is 0 Å². The van der Waals surface area contributed by atoms with Gasteiger partial charge >= 0.3 is 0 Å². The molecule has 82 valence electrons. The molecule has 0 aliphatic carbocycles. The molecule has 0 saturated heterocycles. The number of benzene rings is 1. The number of nitrogens with two attached hydrogens (primary N) is 1. The van der Waals surface area contributed by atoms with Crippen molar-refractivity contribution in [3.05, 3.63) is 23.8 Å². The standard InChI is InChI=1S/C9H11F2N3O/c1-13-8(15)4-14-7-3-5(10)2-6(11)9(7)12/h2-3,14H,4,12H2,1H3,(H,13,15). The van der Waals surface area contributed by atoms with E-state index >= 15 is 0 Å². The molecule has 1 aromatic carbocycles. The van der Waals surface area contributed by atoms with E-state index in [1.54, 1.807) is 0 Å². The highest BCUT2D eigenvalue weighted by Gasteiger charge is 2.08. The summed E-state index contributed by atoms with van der Waals surface area (Å²) in [4.78, 5) is 10.9. The number of halogens is 2. The van der Waals surface area contributed by atoms with Gasteiger partial charge in [0, 0.05) is 13.1 Å². The Morgan fingerprint density at radius 3 is 2.73 bits per heavy atom. The van der Waals surface area contributed by atoms with Gasteiger partial charge in [-0.1, -0.05) is 0 Å². The van der Waals surface area contributed by atoms with E-state index < -0.39 is 11.6 Å². The molecule has 0 radical (unpaired) electrons. The fourth-order valence-electron chi connectivity index (χ4n) is 0.995. The van der Waals surface area contributed by atoms with Gasteiger partial charge in [0.2, 0.25) is 5.91 Å². The molecule has 0 atom stereocenters. The minimum absolute atomic E-state index is 0.0658. The summed E-state index contributed by atoms with van der Waals surface area (Å²) in [6, 6.07) is 1.71. The Balaban J connectivity index is 2.81. The third kappa shape index (κ3) is 2.80. The van der Waals surface area contributed by atoms with Gasteiger partial charge in [-0.15, -0.1) is 0 Å². The number of anilines is 2. The van der Waals surface area contributed by atoms with E-state index in [4.69, 9.17) is 5.73 Å². The van der Waals surface area contributed by atoms with Crippen molar-refractivity contribution in [2.75, 3.05) is 24.6 Å². The van der Waals surface area contributed by atoms with Crippen LogP contribution in [0.4, 0.5) is 20.2 Å². The zero-order chi connectivity index (χ0) is 11.4. The third-order valence-electron chi connectivity index (χ3n) is 1.81. The molecule has 0 spiro atoms. The topological polar surface area (TPSA) is 67.2 Å². The fourth-order valence-corrected chi connectivity index (χ4v) is 0.995. The van der Waals surface area contributed by atoms with Gasteiger partial charge in [0.15, 0.2) is 5.82 Å². The number of carbonyl (C=O) groups is 1. The summed E-state index contributed by atoms with van der Waals surface area (Å²) in [7, 11) is 1.46. The average Bonchev–Trinajstić information content (AvgIpc) is 2.20. The minimum Gasteiger partial charge on any atom is -0.395 e. The Morgan fingerprint density at radius 2 is 2.13 bits per heavy atom. The largest absolute Gasteiger partial charge is 0.395 e. The van der Waals surface area contributed by atoms with Crippen molar-refractivity contribution in [3.63, 3.8) is 0 Å². The average molecular weight is 215 g/mol. The van der Waals surface area contributed by atoms with Gasteiger partial charge in [-0.2, -0.15) is 0 Å². The quantitative estimate of drug-likeness (QED) is 0.650. The van der Waals surface area contributed by atoms with Crippen LogP contribution >= 0.6 is 0 Å². The first-order chi connectivity index (χ1) is 7.04. The van der Waals surface area contributed by atoms with E-state index in [0.717, 1.165) is 6.07 Å². The number of carbonyl (C=O) groups excluding carboxylic acids is 1. The SMILES string of the molecule is CNC(=O)CNc1cc(F)cc(F)c1N. The molecule has 15 heavy (non-hydrogen) atoms. The molecular formula is C9H11F2N3O. The summed E-state index contributed by atoms with van der Waals surface area (Å²) in [5.41, 5.74) is 5.20. The van der Waals surface area contributed by atoms with Crippen LogP contribution in [0.1, 0.15) is 0 Å². The van der Waals surface area contributed by atoms with Crippen LogP contribution in [0.5, 0.6) is 0 Å². The van der Waals surface area contributed by atoms with Crippen molar-refractivity contribution in [1.29, 1.82) is 0 Å². The van der Waals surface area contributed by atoms with E-state index in [1.165, 1.54) is 7.05 Å². The van der Waals surface area contributed by atoms with Crippen LogP contribution in [0.15, 0.2) is 12.1 Å². The monoisotopic (exact) mass is 215 g/mol. The summed E-state index contributed by atoms with van der Waals surface area (Å²) in [5, 5.41) is 4.88. The highest BCUT2D eigenvalue weighted by molar-refractivity contribution is 5.81. The van der Waals surface area contributed by atoms with Crippen LogP contribution in [-0.4, -0.2) is 19.5 Å². The molecule has 1 rings (SSSR count). The predicted molar refractivity (Wildman–Crippen MR) is 53.3 cm³/mol. The molecule has 4 nitrogen and oxygen atoms in total. The molecule has 0 aliphatic heterocycles. The molecule has 0 fully saturated rings. The molecule has 0 heterocycles. The van der Waals surface area contributed by atoms with E-state index in [9.17, 15) is 13.6 Å². The second-order valence-corrected chi connectivity index (χ2v) is 2.88. The predicted octanol–water partition coefficient (Wildman–Crippen LogP) is 0.705. The first-order valence-corrected chi connectivity index (χ1v) is 4.23. The molecule has 0 unspecified atom stereocenters. The van der Waals surface area contributed by atoms with E-state index in [-0.39, 0.29) is 23.8 Å². The molecule has 0 saturated carbocycles. The molecule has 1 aromatic rings. The molecule has 0 aliphatic rings. The lowest BCUT2D eigenvalue weighted by molar-refractivity contribution is -0.118. The van der Waals surface area contributed by atoms with Gasteiger partial charge in [0.25, 0.3) is 0 Å². The first kappa shape index (κ1) is 11.2. The third-order valence-corrected chi connectivity index (χ3v) is 1.81. The van der Waals surface area contributed by atoms with Crippen LogP contribution in [0, 0.1) is 11.6 Å². The van der Waals surface area contributed by atoms with Gasteiger partial charge in [-0.05, 0) is 6.07 Å². The maximum Gasteiger partial charge on any atom is 0.239 e. The number of nitrogens with one attached hydrogen (secondary N) is 2. The van der Waals surface area contributed by atoms with Gasteiger partial charge in [0.1, 0.15) is 5.82 Å². The highest BCUT2D eigenvalue weighted by atomic mass is 19.1. The van der Waals surface area contributed by atoms with Crippen LogP contribution in [-0.2, 0) is 4.79 Å². The maximum absolute atomic E-state index is 12.9. The number of rotatable bonds is 3. The Bertz CT molecular complexity index is 382. The minimum atomic E-state index is -0.852. The molecule has 1 amide bonds. The van der Waals surface area contributed by atoms with E-state index in [0.29, 0.717) is 6.07 Å². The molecule has 0 bridgehead atoms. The normalized spacial score (nSPS) is 9.80. The first-order valence-electron chi connectivity index (χ1n) is 4.23. The summed E-state index contributed by atoms with van der Waals surface area (Å²) >= 11 is 0. The second kappa shape index (κ2) is 4.59. The van der Waals surface area contributed by atoms with Crippen molar-refractivity contribution in [3.8, 4) is 0 Å². The number of nitrogen functional groups attached to an aromatic ring is 1. The van der Waals surface area contributed by atoms with Crippen molar-refractivity contribution < 1.29 is 13.6 Å².